The Hall–Kier alpha value is -2.71. The molecule has 0 aromatic heterocycles. The van der Waals surface area contributed by atoms with E-state index in [0.29, 0.717) is 11.3 Å². The van der Waals surface area contributed by atoms with Crippen LogP contribution in [-0.4, -0.2) is 36.0 Å². The van der Waals surface area contributed by atoms with Crippen molar-refractivity contribution in [3.8, 4) is 0 Å². The molecule has 25 heavy (non-hydrogen) atoms. The average molecular weight is 351 g/mol. The molecular formula is C17H19F2N3O3. The van der Waals surface area contributed by atoms with E-state index in [2.05, 4.69) is 16.0 Å². The number of halogens is 2. The van der Waals surface area contributed by atoms with E-state index in [1.54, 1.807) is 0 Å². The Morgan fingerprint density at radius 3 is 2.40 bits per heavy atom. The molecule has 2 aromatic rings. The summed E-state index contributed by atoms with van der Waals surface area (Å²) >= 11 is 0. The lowest BCUT2D eigenvalue weighted by Gasteiger charge is -2.13. The van der Waals surface area contributed by atoms with Crippen LogP contribution in [-0.2, 0) is 6.42 Å². The predicted octanol–water partition coefficient (Wildman–Crippen LogP) is 2.55. The lowest BCUT2D eigenvalue weighted by atomic mass is 10.1. The second-order valence-electron chi connectivity index (χ2n) is 5.23. The van der Waals surface area contributed by atoms with Crippen LogP contribution in [0.3, 0.4) is 0 Å². The van der Waals surface area contributed by atoms with Crippen LogP contribution >= 0.6 is 0 Å². The van der Waals surface area contributed by atoms with Crippen LogP contribution in [0.2, 0.25) is 0 Å². The van der Waals surface area contributed by atoms with Gasteiger partial charge in [-0.15, -0.1) is 0 Å². The standard InChI is InChI=1S/C17H19F2N3O3/c18-12-2-1-11(3-5-23)16(9-12)22-17(25)21-15-8-13(19)7-14(10-15)20-4-6-24/h1-2,7-10,20,23-24H,3-6H2,(H2,21,22,25). The predicted molar refractivity (Wildman–Crippen MR) is 91.8 cm³/mol. The zero-order valence-electron chi connectivity index (χ0n) is 13.4. The van der Waals surface area contributed by atoms with Gasteiger partial charge in [0.05, 0.1) is 6.61 Å². The van der Waals surface area contributed by atoms with E-state index >= 15 is 0 Å². The lowest BCUT2D eigenvalue weighted by molar-refractivity contribution is 0.262. The van der Waals surface area contributed by atoms with Gasteiger partial charge in [-0.1, -0.05) is 6.07 Å². The number of benzene rings is 2. The molecule has 0 heterocycles. The normalized spacial score (nSPS) is 10.4. The van der Waals surface area contributed by atoms with E-state index in [9.17, 15) is 13.6 Å². The fourth-order valence-corrected chi connectivity index (χ4v) is 2.25. The van der Waals surface area contributed by atoms with Crippen molar-refractivity contribution in [1.82, 2.24) is 0 Å². The molecule has 6 nitrogen and oxygen atoms in total. The molecule has 134 valence electrons. The zero-order valence-corrected chi connectivity index (χ0v) is 13.4. The van der Waals surface area contributed by atoms with Crippen LogP contribution in [0, 0.1) is 11.6 Å². The molecule has 0 aliphatic rings. The van der Waals surface area contributed by atoms with E-state index in [1.165, 1.54) is 24.3 Å². The summed E-state index contributed by atoms with van der Waals surface area (Å²) in [5.74, 6) is -1.09. The van der Waals surface area contributed by atoms with E-state index < -0.39 is 17.7 Å². The Morgan fingerprint density at radius 1 is 0.920 bits per heavy atom. The Balaban J connectivity index is 2.10. The second kappa shape index (κ2) is 8.95. The van der Waals surface area contributed by atoms with Crippen molar-refractivity contribution in [1.29, 1.82) is 0 Å². The van der Waals surface area contributed by atoms with Crippen molar-refractivity contribution in [3.63, 3.8) is 0 Å². The van der Waals surface area contributed by atoms with Crippen LogP contribution in [0.5, 0.6) is 0 Å². The van der Waals surface area contributed by atoms with Crippen molar-refractivity contribution in [2.75, 3.05) is 35.7 Å². The second-order valence-corrected chi connectivity index (χ2v) is 5.23. The van der Waals surface area contributed by atoms with Gasteiger partial charge in [0.2, 0.25) is 0 Å². The highest BCUT2D eigenvalue weighted by atomic mass is 19.1. The SMILES string of the molecule is O=C(Nc1cc(F)cc(NCCO)c1)Nc1cc(F)ccc1CCO. The van der Waals surface area contributed by atoms with Crippen molar-refractivity contribution < 1.29 is 23.8 Å². The maximum atomic E-state index is 13.6. The molecule has 0 aliphatic carbocycles. The minimum absolute atomic E-state index is 0.118. The number of carbonyl (C=O) groups excluding carboxylic acids is 1. The Bertz CT molecular complexity index is 741. The monoisotopic (exact) mass is 351 g/mol. The van der Waals surface area contributed by atoms with Gasteiger partial charge in [0, 0.05) is 30.2 Å². The third-order valence-corrected chi connectivity index (χ3v) is 3.30. The first-order chi connectivity index (χ1) is 12.0. The van der Waals surface area contributed by atoms with Crippen molar-refractivity contribution in [2.24, 2.45) is 0 Å². The first-order valence-electron chi connectivity index (χ1n) is 7.64. The molecule has 2 aromatic carbocycles. The number of amides is 2. The number of carbonyl (C=O) groups is 1. The number of urea groups is 1. The molecule has 0 bridgehead atoms. The van der Waals surface area contributed by atoms with Gasteiger partial charge >= 0.3 is 6.03 Å². The Morgan fingerprint density at radius 2 is 1.68 bits per heavy atom. The van der Waals surface area contributed by atoms with E-state index in [1.807, 2.05) is 0 Å². The summed E-state index contributed by atoms with van der Waals surface area (Å²) in [6.45, 7) is -0.0262. The molecule has 0 spiro atoms. The van der Waals surface area contributed by atoms with Gasteiger partial charge < -0.3 is 26.2 Å². The summed E-state index contributed by atoms with van der Waals surface area (Å²) in [6.07, 6.45) is 0.255. The first kappa shape index (κ1) is 18.6. The first-order valence-corrected chi connectivity index (χ1v) is 7.64. The van der Waals surface area contributed by atoms with Gasteiger partial charge in [-0.3, -0.25) is 0 Å². The molecule has 0 unspecified atom stereocenters. The molecule has 2 rings (SSSR count). The van der Waals surface area contributed by atoms with E-state index in [4.69, 9.17) is 10.2 Å². The van der Waals surface area contributed by atoms with Crippen LogP contribution in [0.4, 0.5) is 30.6 Å². The molecule has 0 saturated carbocycles. The van der Waals surface area contributed by atoms with Crippen LogP contribution in [0.1, 0.15) is 5.56 Å². The Kier molecular flexibility index (Phi) is 6.67. The summed E-state index contributed by atoms with van der Waals surface area (Å²) in [5, 5.41) is 25.5. The fourth-order valence-electron chi connectivity index (χ4n) is 2.25. The van der Waals surface area contributed by atoms with Gasteiger partial charge in [-0.2, -0.15) is 0 Å². The molecule has 0 radical (unpaired) electrons. The van der Waals surface area contributed by atoms with Gasteiger partial charge in [0.25, 0.3) is 0 Å². The largest absolute Gasteiger partial charge is 0.396 e. The van der Waals surface area contributed by atoms with Gasteiger partial charge in [-0.05, 0) is 42.3 Å². The van der Waals surface area contributed by atoms with Crippen LogP contribution in [0.15, 0.2) is 36.4 Å². The maximum absolute atomic E-state index is 13.6. The number of aliphatic hydroxyl groups is 2. The quantitative estimate of drug-likeness (QED) is 0.530. The van der Waals surface area contributed by atoms with Crippen LogP contribution in [0.25, 0.3) is 0 Å². The van der Waals surface area contributed by atoms with Gasteiger partial charge in [-0.25, -0.2) is 13.6 Å². The molecule has 2 amide bonds. The summed E-state index contributed by atoms with van der Waals surface area (Å²) in [6, 6.07) is 7.03. The number of hydrogen-bond donors (Lipinski definition) is 5. The third-order valence-electron chi connectivity index (χ3n) is 3.30. The molecule has 5 N–H and O–H groups in total. The summed E-state index contributed by atoms with van der Waals surface area (Å²) in [7, 11) is 0. The molecule has 0 atom stereocenters. The topological polar surface area (TPSA) is 93.6 Å². The fraction of sp³-hybridized carbons (Fsp3) is 0.235. The molecular weight excluding hydrogens is 332 g/mol. The third kappa shape index (κ3) is 5.70. The minimum Gasteiger partial charge on any atom is -0.396 e. The van der Waals surface area contributed by atoms with Gasteiger partial charge in [0.1, 0.15) is 11.6 Å². The number of hydrogen-bond acceptors (Lipinski definition) is 4. The number of nitrogens with one attached hydrogen (secondary N) is 3. The summed E-state index contributed by atoms with van der Waals surface area (Å²) in [5.41, 5.74) is 1.39. The smallest absolute Gasteiger partial charge is 0.323 e. The average Bonchev–Trinajstić information content (AvgIpc) is 2.55. The highest BCUT2D eigenvalue weighted by molar-refractivity contribution is 6.00. The minimum atomic E-state index is -0.677. The molecule has 0 fully saturated rings. The van der Waals surface area contributed by atoms with E-state index in [-0.39, 0.29) is 37.6 Å². The molecule has 0 saturated heterocycles. The van der Waals surface area contributed by atoms with E-state index in [0.717, 1.165) is 12.1 Å². The van der Waals surface area contributed by atoms with Crippen molar-refractivity contribution in [3.05, 3.63) is 53.6 Å². The highest BCUT2D eigenvalue weighted by Gasteiger charge is 2.10. The van der Waals surface area contributed by atoms with Gasteiger partial charge in [0.15, 0.2) is 0 Å². The lowest BCUT2D eigenvalue weighted by Crippen LogP contribution is -2.21. The Labute approximate surface area is 143 Å². The summed E-state index contributed by atoms with van der Waals surface area (Å²) < 4.78 is 27.0. The van der Waals surface area contributed by atoms with Crippen molar-refractivity contribution >= 4 is 23.1 Å². The zero-order chi connectivity index (χ0) is 18.2. The number of rotatable bonds is 7. The molecule has 0 aliphatic heterocycles. The van der Waals surface area contributed by atoms with Crippen molar-refractivity contribution in [2.45, 2.75) is 6.42 Å². The number of anilines is 3. The maximum Gasteiger partial charge on any atom is 0.323 e. The summed E-state index contributed by atoms with van der Waals surface area (Å²) in [4.78, 5) is 12.1. The van der Waals surface area contributed by atoms with Crippen LogP contribution < -0.4 is 16.0 Å². The highest BCUT2D eigenvalue weighted by Crippen LogP contribution is 2.20. The number of aliphatic hydroxyl groups excluding tert-OH is 2. The molecule has 8 heteroatoms.